The Bertz CT molecular complexity index is 2560. The summed E-state index contributed by atoms with van der Waals surface area (Å²) in [7, 11) is -16.4. The van der Waals surface area contributed by atoms with E-state index in [1.54, 1.807) is 0 Å². The first kappa shape index (κ1) is 75.5. The number of ether oxygens (including phenoxy) is 1. The van der Waals surface area contributed by atoms with Crippen molar-refractivity contribution >= 4 is 69.1 Å². The molecule has 24 nitrogen and oxygen atoms in total. The number of thioether (sulfide) groups is 1. The number of imidazole rings is 1. The molecular formula is C57H96N7O17P3S. The number of allylic oxidation sites excluding steroid dienone is 10. The monoisotopic (exact) mass is 1280 g/mol. The van der Waals surface area contributed by atoms with Crippen molar-refractivity contribution in [1.82, 2.24) is 30.2 Å². The quantitative estimate of drug-likeness (QED) is 0.0169. The van der Waals surface area contributed by atoms with Crippen LogP contribution in [-0.2, 0) is 50.7 Å². The largest absolute Gasteiger partial charge is 0.481 e. The van der Waals surface area contributed by atoms with Crippen LogP contribution in [0.3, 0.4) is 0 Å². The fourth-order valence-corrected chi connectivity index (χ4v) is 12.4. The van der Waals surface area contributed by atoms with Crippen LogP contribution >= 0.6 is 35.2 Å². The van der Waals surface area contributed by atoms with Crippen molar-refractivity contribution in [2.24, 2.45) is 5.41 Å². The molecule has 0 radical (unpaired) electrons. The van der Waals surface area contributed by atoms with Crippen LogP contribution in [0.1, 0.15) is 188 Å². The maximum absolute atomic E-state index is 12.8. The van der Waals surface area contributed by atoms with Crippen LogP contribution in [0.5, 0.6) is 0 Å². The van der Waals surface area contributed by atoms with Gasteiger partial charge in [0, 0.05) is 37.1 Å². The number of anilines is 1. The summed E-state index contributed by atoms with van der Waals surface area (Å²) in [5, 5.41) is 26.8. The van der Waals surface area contributed by atoms with Gasteiger partial charge in [-0.15, -0.1) is 0 Å². The standard InChI is InChI=1S/C57H96N7O17P3S/c1-4-5-6-7-8-9-10-11-12-13-14-15-16-17-18-19-20-21-22-23-24-25-26-27-28-29-30-31-32-33-34-35-36-37-48(66)85-41-40-59-47(65)38-39-60-55(69)52(68)57(2,3)43-78-84(75,76)81-83(73,74)77-42-46-51(80-82(70,71)72)50(67)56(79-46)64-45-63-49-53(58)61-44-62-54(49)64/h8-9,11-12,14-15,17-18,20-21,44-46,50-52,56,67-68H,4-7,10,13,16,19,22-43H2,1-3H3,(H,59,65)(H,60,69)(H,73,74)(H,75,76)(H2,58,61,62)(H2,70,71,72). The Morgan fingerprint density at radius 1 is 0.718 bits per heavy atom. The normalized spacial score (nSPS) is 18.8. The molecule has 85 heavy (non-hydrogen) atoms. The summed E-state index contributed by atoms with van der Waals surface area (Å²) in [5.41, 5.74) is 4.30. The number of amides is 2. The Kier molecular flexibility index (Phi) is 37.5. The van der Waals surface area contributed by atoms with E-state index in [0.29, 0.717) is 12.2 Å². The highest BCUT2D eigenvalue weighted by Crippen LogP contribution is 2.61. The maximum Gasteiger partial charge on any atom is 0.481 e. The lowest BCUT2D eigenvalue weighted by molar-refractivity contribution is -0.137. The summed E-state index contributed by atoms with van der Waals surface area (Å²) in [4.78, 5) is 88.8. The van der Waals surface area contributed by atoms with Crippen LogP contribution in [0.25, 0.3) is 11.2 Å². The van der Waals surface area contributed by atoms with E-state index in [0.717, 1.165) is 73.9 Å². The number of aromatic nitrogens is 4. The van der Waals surface area contributed by atoms with Crippen LogP contribution in [0.15, 0.2) is 73.4 Å². The number of carbonyl (C=O) groups excluding carboxylic acids is 3. The molecule has 0 bridgehead atoms. The number of unbranched alkanes of at least 4 members (excludes halogenated alkanes) is 17. The van der Waals surface area contributed by atoms with E-state index in [1.807, 2.05) is 0 Å². The number of aliphatic hydroxyl groups excluding tert-OH is 2. The number of nitrogen functional groups attached to an aromatic ring is 1. The number of fused-ring (bicyclic) bond motifs is 1. The van der Waals surface area contributed by atoms with Gasteiger partial charge in [0.1, 0.15) is 36.3 Å². The van der Waals surface area contributed by atoms with Crippen molar-refractivity contribution in [3.05, 3.63) is 73.4 Å². The summed E-state index contributed by atoms with van der Waals surface area (Å²) in [6.45, 7) is 2.81. The number of hydrogen-bond donors (Lipinski definition) is 9. The van der Waals surface area contributed by atoms with Gasteiger partial charge in [-0.05, 0) is 57.8 Å². The molecule has 28 heteroatoms. The molecule has 7 atom stereocenters. The predicted octanol–water partition coefficient (Wildman–Crippen LogP) is 10.8. The number of nitrogens with two attached hydrogens (primary N) is 1. The zero-order valence-electron chi connectivity index (χ0n) is 49.8. The Hall–Kier alpha value is -3.74. The second kappa shape index (κ2) is 42.2. The molecule has 0 aliphatic carbocycles. The minimum Gasteiger partial charge on any atom is -0.386 e. The van der Waals surface area contributed by atoms with Gasteiger partial charge in [0.15, 0.2) is 22.8 Å². The molecule has 1 fully saturated rings. The Labute approximate surface area is 506 Å². The molecular weight excluding hydrogens is 1180 g/mol. The third-order valence-corrected chi connectivity index (χ3v) is 17.7. The van der Waals surface area contributed by atoms with Crippen molar-refractivity contribution in [3.8, 4) is 0 Å². The molecule has 2 aromatic rings. The Morgan fingerprint density at radius 3 is 1.79 bits per heavy atom. The second-order valence-electron chi connectivity index (χ2n) is 21.6. The van der Waals surface area contributed by atoms with Crippen LogP contribution in [0.4, 0.5) is 5.82 Å². The van der Waals surface area contributed by atoms with Crippen LogP contribution in [-0.4, -0.2) is 123 Å². The van der Waals surface area contributed by atoms with Gasteiger partial charge in [-0.1, -0.05) is 183 Å². The molecule has 3 heterocycles. The van der Waals surface area contributed by atoms with Crippen molar-refractivity contribution in [1.29, 1.82) is 0 Å². The van der Waals surface area contributed by atoms with Crippen LogP contribution < -0.4 is 16.4 Å². The van der Waals surface area contributed by atoms with E-state index >= 15 is 0 Å². The average molecular weight is 1280 g/mol. The first-order valence-electron chi connectivity index (χ1n) is 29.9. The molecule has 7 unspecified atom stereocenters. The minimum absolute atomic E-state index is 0.0331. The molecule has 1 aliphatic rings. The summed E-state index contributed by atoms with van der Waals surface area (Å²) in [6, 6.07) is 0. The molecule has 482 valence electrons. The van der Waals surface area contributed by atoms with Gasteiger partial charge in [-0.25, -0.2) is 28.6 Å². The highest BCUT2D eigenvalue weighted by Gasteiger charge is 2.50. The zero-order valence-corrected chi connectivity index (χ0v) is 53.3. The molecule has 3 rings (SSSR count). The number of phosphoric acid groups is 3. The van der Waals surface area contributed by atoms with Gasteiger partial charge in [0.05, 0.1) is 19.5 Å². The molecule has 2 amide bonds. The lowest BCUT2D eigenvalue weighted by Crippen LogP contribution is -2.46. The summed E-state index contributed by atoms with van der Waals surface area (Å²) < 4.78 is 62.7. The molecule has 1 saturated heterocycles. The van der Waals surface area contributed by atoms with Gasteiger partial charge >= 0.3 is 23.5 Å². The van der Waals surface area contributed by atoms with E-state index in [4.69, 9.17) is 19.5 Å². The van der Waals surface area contributed by atoms with Crippen molar-refractivity contribution in [2.45, 2.75) is 212 Å². The Balaban J connectivity index is 1.14. The van der Waals surface area contributed by atoms with Gasteiger partial charge in [-0.3, -0.25) is 32.5 Å². The molecule has 10 N–H and O–H groups in total. The maximum atomic E-state index is 12.8. The van der Waals surface area contributed by atoms with Gasteiger partial charge in [-0.2, -0.15) is 4.31 Å². The number of phosphoric ester groups is 3. The number of aliphatic hydroxyl groups is 2. The van der Waals surface area contributed by atoms with Crippen molar-refractivity contribution in [3.63, 3.8) is 0 Å². The zero-order chi connectivity index (χ0) is 62.4. The lowest BCUT2D eigenvalue weighted by Gasteiger charge is -2.30. The van der Waals surface area contributed by atoms with Crippen LogP contribution in [0, 0.1) is 5.41 Å². The number of rotatable bonds is 48. The smallest absolute Gasteiger partial charge is 0.386 e. The van der Waals surface area contributed by atoms with E-state index in [1.165, 1.54) is 117 Å². The number of hydrogen-bond acceptors (Lipinski definition) is 18. The summed E-state index contributed by atoms with van der Waals surface area (Å²) in [6.07, 6.45) is 43.6. The fourth-order valence-electron chi connectivity index (χ4n) is 8.85. The van der Waals surface area contributed by atoms with Gasteiger partial charge < -0.3 is 50.9 Å². The molecule has 2 aromatic heterocycles. The Morgan fingerprint density at radius 2 is 1.24 bits per heavy atom. The number of carbonyl (C=O) groups is 3. The van der Waals surface area contributed by atoms with Crippen molar-refractivity contribution in [2.75, 3.05) is 37.8 Å². The second-order valence-corrected chi connectivity index (χ2v) is 27.0. The third-order valence-electron chi connectivity index (χ3n) is 13.7. The van der Waals surface area contributed by atoms with E-state index in [2.05, 4.69) is 102 Å². The lowest BCUT2D eigenvalue weighted by atomic mass is 9.87. The fraction of sp³-hybridized carbons (Fsp3) is 0.684. The van der Waals surface area contributed by atoms with E-state index in [-0.39, 0.29) is 41.6 Å². The molecule has 0 saturated carbocycles. The highest BCUT2D eigenvalue weighted by atomic mass is 32.2. The van der Waals surface area contributed by atoms with Gasteiger partial charge in [0.2, 0.25) is 11.8 Å². The summed E-state index contributed by atoms with van der Waals surface area (Å²) in [5.74, 6) is -1.03. The summed E-state index contributed by atoms with van der Waals surface area (Å²) >= 11 is 1.16. The molecule has 1 aliphatic heterocycles. The van der Waals surface area contributed by atoms with Gasteiger partial charge in [0.25, 0.3) is 0 Å². The highest BCUT2D eigenvalue weighted by molar-refractivity contribution is 8.13. The van der Waals surface area contributed by atoms with E-state index < -0.39 is 84.6 Å². The first-order chi connectivity index (χ1) is 40.6. The van der Waals surface area contributed by atoms with Crippen LogP contribution in [0.2, 0.25) is 0 Å². The SMILES string of the molecule is CCCCCC=CCC=CCC=CCC=CCC=CCCCCCCCCCCCCCCCCC(=O)SCCNC(=O)CCNC(=O)C(O)C(C)(C)COP(=O)(O)OP(=O)(O)OCC1OC(n2cnc3c(N)ncnc32)C(O)C1OP(=O)(O)O. The molecule has 0 aromatic carbocycles. The van der Waals surface area contributed by atoms with Crippen molar-refractivity contribution < 1.29 is 80.5 Å². The molecule has 0 spiro atoms. The third kappa shape index (κ3) is 33.4. The topological polar surface area (TPSA) is 364 Å². The van der Waals surface area contributed by atoms with E-state index in [9.17, 15) is 57.9 Å². The number of nitrogens with zero attached hydrogens (tertiary/aromatic N) is 4. The average Bonchev–Trinajstić information content (AvgIpc) is 2.05. The number of nitrogens with one attached hydrogen (secondary N) is 2. The first-order valence-corrected chi connectivity index (χ1v) is 35.4. The minimum atomic E-state index is -5.58. The predicted molar refractivity (Wildman–Crippen MR) is 329 cm³/mol.